The number of hydrogen-bond acceptors (Lipinski definition) is 4. The summed E-state index contributed by atoms with van der Waals surface area (Å²) in [5, 5.41) is 2.79. The maximum absolute atomic E-state index is 13.7. The van der Waals surface area contributed by atoms with Crippen LogP contribution < -0.4 is 5.32 Å². The number of piperidine rings is 1. The molecule has 0 spiro atoms. The van der Waals surface area contributed by atoms with Crippen molar-refractivity contribution in [1.82, 2.24) is 15.2 Å². The first-order chi connectivity index (χ1) is 16.0. The number of amides is 2. The van der Waals surface area contributed by atoms with Crippen molar-refractivity contribution < 1.29 is 22.8 Å². The Hall–Kier alpha value is -3.55. The monoisotopic (exact) mass is 453 g/mol. The Labute approximate surface area is 190 Å². The maximum atomic E-state index is 13.7. The molecule has 2 atom stereocenters. The molecular formula is C25H25F2N3O3. The molecule has 0 bridgehead atoms. The topological polar surface area (TPSA) is 75.4 Å². The molecule has 33 heavy (non-hydrogen) atoms. The second-order valence-electron chi connectivity index (χ2n) is 8.08. The minimum absolute atomic E-state index is 0.0890. The summed E-state index contributed by atoms with van der Waals surface area (Å²) in [7, 11) is 0. The molecule has 172 valence electrons. The zero-order valence-corrected chi connectivity index (χ0v) is 18.0. The van der Waals surface area contributed by atoms with Gasteiger partial charge in [-0.2, -0.15) is 0 Å². The largest absolute Gasteiger partial charge is 0.459 e. The molecule has 1 fully saturated rings. The van der Waals surface area contributed by atoms with E-state index in [1.165, 1.54) is 24.5 Å². The lowest BCUT2D eigenvalue weighted by Gasteiger charge is -2.38. The minimum atomic E-state index is -2.57. The van der Waals surface area contributed by atoms with Gasteiger partial charge in [0.1, 0.15) is 6.04 Å². The highest BCUT2D eigenvalue weighted by molar-refractivity contribution is 5.95. The lowest BCUT2D eigenvalue weighted by atomic mass is 9.94. The minimum Gasteiger partial charge on any atom is -0.459 e. The third kappa shape index (κ3) is 5.45. The summed E-state index contributed by atoms with van der Waals surface area (Å²) in [5.74, 6) is -0.623. The molecule has 0 aliphatic carbocycles. The molecule has 1 aromatic carbocycles. The zero-order chi connectivity index (χ0) is 23.2. The van der Waals surface area contributed by atoms with Crippen LogP contribution in [0, 0.1) is 0 Å². The molecule has 2 aromatic heterocycles. The van der Waals surface area contributed by atoms with Gasteiger partial charge in [-0.05, 0) is 48.6 Å². The van der Waals surface area contributed by atoms with Crippen LogP contribution in [-0.4, -0.2) is 34.3 Å². The summed E-state index contributed by atoms with van der Waals surface area (Å²) < 4.78 is 31.0. The summed E-state index contributed by atoms with van der Waals surface area (Å²) >= 11 is 0. The first-order valence-corrected chi connectivity index (χ1v) is 10.9. The highest BCUT2D eigenvalue weighted by atomic mass is 19.3. The summed E-state index contributed by atoms with van der Waals surface area (Å²) in [6.07, 6.45) is 5.10. The second-order valence-corrected chi connectivity index (χ2v) is 8.08. The Bertz CT molecular complexity index is 1060. The summed E-state index contributed by atoms with van der Waals surface area (Å²) in [6, 6.07) is 11.7. The van der Waals surface area contributed by atoms with Crippen molar-refractivity contribution in [2.75, 3.05) is 6.54 Å². The van der Waals surface area contributed by atoms with Gasteiger partial charge in [-0.15, -0.1) is 0 Å². The van der Waals surface area contributed by atoms with Crippen LogP contribution in [0.15, 0.2) is 71.6 Å². The standard InChI is InChI=1S/C25H25F2N3O3/c26-23(27)18-10-8-17(9-11-18)15-20(29-24(31)22-7-4-14-33-22)25(32)30-13-2-1-6-21(30)19-5-3-12-28-16-19/h3-5,7-12,14,16,20-21,23H,1-2,6,13,15H2,(H,29,31)/t20-,21?/m0/s1. The molecular weight excluding hydrogens is 428 g/mol. The number of carbonyl (C=O) groups excluding carboxylic acids is 2. The van der Waals surface area contributed by atoms with Gasteiger partial charge >= 0.3 is 0 Å². The van der Waals surface area contributed by atoms with Crippen LogP contribution in [0.3, 0.4) is 0 Å². The van der Waals surface area contributed by atoms with E-state index in [0.29, 0.717) is 12.1 Å². The van der Waals surface area contributed by atoms with E-state index in [1.807, 2.05) is 12.1 Å². The van der Waals surface area contributed by atoms with Crippen molar-refractivity contribution in [2.24, 2.45) is 0 Å². The normalized spacial score (nSPS) is 17.1. The van der Waals surface area contributed by atoms with Gasteiger partial charge in [0.25, 0.3) is 12.3 Å². The van der Waals surface area contributed by atoms with Gasteiger partial charge in [-0.1, -0.05) is 30.3 Å². The molecule has 1 N–H and O–H groups in total. The van der Waals surface area contributed by atoms with E-state index >= 15 is 0 Å². The summed E-state index contributed by atoms with van der Waals surface area (Å²) in [4.78, 5) is 32.4. The Kier molecular flexibility index (Phi) is 7.12. The van der Waals surface area contributed by atoms with Gasteiger partial charge in [0.2, 0.25) is 5.91 Å². The van der Waals surface area contributed by atoms with E-state index in [9.17, 15) is 18.4 Å². The van der Waals surface area contributed by atoms with E-state index < -0.39 is 18.4 Å². The fourth-order valence-electron chi connectivity index (χ4n) is 4.19. The van der Waals surface area contributed by atoms with Gasteiger partial charge in [0.05, 0.1) is 12.3 Å². The molecule has 4 rings (SSSR count). The van der Waals surface area contributed by atoms with Gasteiger partial charge in [0, 0.05) is 30.9 Å². The molecule has 0 radical (unpaired) electrons. The SMILES string of the molecule is O=C(N[C@@H](Cc1ccc(C(F)F)cc1)C(=O)N1CCCCC1c1cccnc1)c1ccco1. The average Bonchev–Trinajstić information content (AvgIpc) is 3.39. The maximum Gasteiger partial charge on any atom is 0.287 e. The number of halogens is 2. The van der Waals surface area contributed by atoms with Crippen LogP contribution in [0.2, 0.25) is 0 Å². The van der Waals surface area contributed by atoms with Gasteiger partial charge in [-0.25, -0.2) is 8.78 Å². The number of hydrogen-bond donors (Lipinski definition) is 1. The highest BCUT2D eigenvalue weighted by Crippen LogP contribution is 2.31. The lowest BCUT2D eigenvalue weighted by Crippen LogP contribution is -2.51. The third-order valence-electron chi connectivity index (χ3n) is 5.87. The van der Waals surface area contributed by atoms with Crippen molar-refractivity contribution in [2.45, 2.75) is 44.2 Å². The smallest absolute Gasteiger partial charge is 0.287 e. The van der Waals surface area contributed by atoms with Crippen LogP contribution in [0.4, 0.5) is 8.78 Å². The van der Waals surface area contributed by atoms with Crippen molar-refractivity contribution in [3.63, 3.8) is 0 Å². The Morgan fingerprint density at radius 1 is 1.12 bits per heavy atom. The predicted molar refractivity (Wildman–Crippen MR) is 118 cm³/mol. The fourth-order valence-corrected chi connectivity index (χ4v) is 4.19. The summed E-state index contributed by atoms with van der Waals surface area (Å²) in [6.45, 7) is 0.565. The highest BCUT2D eigenvalue weighted by Gasteiger charge is 2.34. The molecule has 1 saturated heterocycles. The first-order valence-electron chi connectivity index (χ1n) is 10.9. The molecule has 2 amide bonds. The molecule has 3 aromatic rings. The second kappa shape index (κ2) is 10.4. The number of rotatable bonds is 7. The molecule has 1 aliphatic heterocycles. The van der Waals surface area contributed by atoms with Crippen LogP contribution in [0.25, 0.3) is 0 Å². The first kappa shape index (κ1) is 22.6. The molecule has 8 heteroatoms. The average molecular weight is 453 g/mol. The van der Waals surface area contributed by atoms with Gasteiger partial charge in [0.15, 0.2) is 5.76 Å². The lowest BCUT2D eigenvalue weighted by molar-refractivity contribution is -0.137. The van der Waals surface area contributed by atoms with E-state index in [1.54, 1.807) is 35.5 Å². The van der Waals surface area contributed by atoms with Crippen LogP contribution >= 0.6 is 0 Å². The number of carbonyl (C=O) groups is 2. The van der Waals surface area contributed by atoms with Gasteiger partial charge < -0.3 is 14.6 Å². The molecule has 0 saturated carbocycles. The fraction of sp³-hybridized carbons (Fsp3) is 0.320. The zero-order valence-electron chi connectivity index (χ0n) is 18.0. The van der Waals surface area contributed by atoms with E-state index in [0.717, 1.165) is 24.8 Å². The summed E-state index contributed by atoms with van der Waals surface area (Å²) in [5.41, 5.74) is 1.53. The number of aromatic nitrogens is 1. The van der Waals surface area contributed by atoms with E-state index in [2.05, 4.69) is 10.3 Å². The van der Waals surface area contributed by atoms with Crippen LogP contribution in [0.1, 0.15) is 59.0 Å². The van der Waals surface area contributed by atoms with Crippen LogP contribution in [-0.2, 0) is 11.2 Å². The molecule has 3 heterocycles. The quantitative estimate of drug-likeness (QED) is 0.562. The number of furan rings is 1. The predicted octanol–water partition coefficient (Wildman–Crippen LogP) is 4.71. The number of alkyl halides is 2. The van der Waals surface area contributed by atoms with Crippen molar-refractivity contribution >= 4 is 11.8 Å². The Morgan fingerprint density at radius 2 is 1.94 bits per heavy atom. The molecule has 6 nitrogen and oxygen atoms in total. The number of benzene rings is 1. The number of pyridine rings is 1. The van der Waals surface area contributed by atoms with Crippen LogP contribution in [0.5, 0.6) is 0 Å². The van der Waals surface area contributed by atoms with Gasteiger partial charge in [-0.3, -0.25) is 14.6 Å². The van der Waals surface area contributed by atoms with Crippen molar-refractivity contribution in [1.29, 1.82) is 0 Å². The third-order valence-corrected chi connectivity index (χ3v) is 5.87. The van der Waals surface area contributed by atoms with Crippen molar-refractivity contribution in [3.8, 4) is 0 Å². The molecule has 1 unspecified atom stereocenters. The van der Waals surface area contributed by atoms with E-state index in [-0.39, 0.29) is 29.7 Å². The van der Waals surface area contributed by atoms with E-state index in [4.69, 9.17) is 4.42 Å². The number of nitrogens with one attached hydrogen (secondary N) is 1. The van der Waals surface area contributed by atoms with Crippen molar-refractivity contribution in [3.05, 3.63) is 89.6 Å². The Morgan fingerprint density at radius 3 is 2.61 bits per heavy atom. The number of likely N-dealkylation sites (tertiary alicyclic amines) is 1. The molecule has 1 aliphatic rings. The Balaban J connectivity index is 1.59. The number of nitrogens with zero attached hydrogens (tertiary/aromatic N) is 2.